The van der Waals surface area contributed by atoms with Gasteiger partial charge in [0, 0.05) is 25.9 Å². The molecule has 74 valence electrons. The smallest absolute Gasteiger partial charge is 0.0950 e. The summed E-state index contributed by atoms with van der Waals surface area (Å²) in [4.78, 5) is 4.21. The van der Waals surface area contributed by atoms with Crippen LogP contribution in [0, 0.1) is 5.92 Å². The highest BCUT2D eigenvalue weighted by Gasteiger charge is 2.02. The van der Waals surface area contributed by atoms with Crippen molar-refractivity contribution in [1.82, 2.24) is 14.9 Å². The summed E-state index contributed by atoms with van der Waals surface area (Å²) in [7, 11) is 1.90. The molecule has 0 aliphatic heterocycles. The van der Waals surface area contributed by atoms with E-state index in [0.29, 0.717) is 0 Å². The molecule has 0 aromatic carbocycles. The summed E-state index contributed by atoms with van der Waals surface area (Å²) in [6.45, 7) is 3.85. The van der Waals surface area contributed by atoms with Gasteiger partial charge in [0.1, 0.15) is 0 Å². The van der Waals surface area contributed by atoms with E-state index in [9.17, 15) is 0 Å². The third-order valence-corrected chi connectivity index (χ3v) is 1.88. The fourth-order valence-electron chi connectivity index (χ4n) is 1.20. The fraction of sp³-hybridized carbons (Fsp3) is 0.667. The molecule has 0 radical (unpaired) electrons. The Morgan fingerprint density at radius 2 is 2.46 bits per heavy atom. The lowest BCUT2D eigenvalue weighted by Crippen LogP contribution is -2.09. The molecule has 0 fully saturated rings. The first kappa shape index (κ1) is 10.2. The summed E-state index contributed by atoms with van der Waals surface area (Å²) >= 11 is 0. The van der Waals surface area contributed by atoms with Crippen LogP contribution in [0.2, 0.25) is 0 Å². The topological polar surface area (TPSA) is 50.1 Å². The Morgan fingerprint density at radius 3 is 3.08 bits per heavy atom. The maximum absolute atomic E-state index is 8.86. The Morgan fingerprint density at radius 1 is 1.69 bits per heavy atom. The molecular formula is C9H17N3O. The summed E-state index contributed by atoms with van der Waals surface area (Å²) in [5, 5.41) is 11.9. The SMILES string of the molecule is CNCc1cn(CC(C)CO)cn1. The van der Waals surface area contributed by atoms with Crippen molar-refractivity contribution in [2.24, 2.45) is 5.92 Å². The van der Waals surface area contributed by atoms with E-state index in [4.69, 9.17) is 5.11 Å². The molecule has 0 aliphatic carbocycles. The van der Waals surface area contributed by atoms with E-state index in [1.165, 1.54) is 0 Å². The van der Waals surface area contributed by atoms with Gasteiger partial charge in [-0.05, 0) is 13.0 Å². The maximum atomic E-state index is 8.86. The predicted molar refractivity (Wildman–Crippen MR) is 51.2 cm³/mol. The lowest BCUT2D eigenvalue weighted by molar-refractivity contribution is 0.223. The zero-order chi connectivity index (χ0) is 9.68. The summed E-state index contributed by atoms with van der Waals surface area (Å²) in [6.07, 6.45) is 3.81. The Kier molecular flexibility index (Phi) is 3.92. The first-order chi connectivity index (χ1) is 6.26. The summed E-state index contributed by atoms with van der Waals surface area (Å²) in [6, 6.07) is 0. The average Bonchev–Trinajstić information content (AvgIpc) is 2.53. The van der Waals surface area contributed by atoms with E-state index < -0.39 is 0 Å². The third-order valence-electron chi connectivity index (χ3n) is 1.88. The molecular weight excluding hydrogens is 166 g/mol. The molecule has 0 spiro atoms. The first-order valence-electron chi connectivity index (χ1n) is 4.52. The van der Waals surface area contributed by atoms with Gasteiger partial charge in [0.2, 0.25) is 0 Å². The number of aromatic nitrogens is 2. The Hall–Kier alpha value is -0.870. The summed E-state index contributed by atoms with van der Waals surface area (Å²) in [5.41, 5.74) is 1.03. The minimum absolute atomic E-state index is 0.222. The lowest BCUT2D eigenvalue weighted by Gasteiger charge is -2.07. The molecule has 0 saturated carbocycles. The number of aliphatic hydroxyl groups is 1. The third kappa shape index (κ3) is 3.16. The van der Waals surface area contributed by atoms with Crippen molar-refractivity contribution in [3.05, 3.63) is 18.2 Å². The van der Waals surface area contributed by atoms with E-state index in [2.05, 4.69) is 10.3 Å². The normalized spacial score (nSPS) is 13.2. The van der Waals surface area contributed by atoms with Crippen LogP contribution in [0.3, 0.4) is 0 Å². The van der Waals surface area contributed by atoms with Crippen LogP contribution < -0.4 is 5.32 Å². The van der Waals surface area contributed by atoms with Crippen molar-refractivity contribution in [3.8, 4) is 0 Å². The maximum Gasteiger partial charge on any atom is 0.0950 e. The molecule has 4 nitrogen and oxygen atoms in total. The van der Waals surface area contributed by atoms with Gasteiger partial charge < -0.3 is 15.0 Å². The molecule has 1 aromatic heterocycles. The van der Waals surface area contributed by atoms with Crippen LogP contribution >= 0.6 is 0 Å². The van der Waals surface area contributed by atoms with Crippen LogP contribution in [0.15, 0.2) is 12.5 Å². The summed E-state index contributed by atoms with van der Waals surface area (Å²) < 4.78 is 2.01. The minimum atomic E-state index is 0.222. The van der Waals surface area contributed by atoms with Gasteiger partial charge >= 0.3 is 0 Å². The molecule has 0 amide bonds. The van der Waals surface area contributed by atoms with Crippen LogP contribution in [-0.4, -0.2) is 28.3 Å². The van der Waals surface area contributed by atoms with Crippen LogP contribution in [0.5, 0.6) is 0 Å². The van der Waals surface area contributed by atoms with Crippen molar-refractivity contribution in [3.63, 3.8) is 0 Å². The zero-order valence-electron chi connectivity index (χ0n) is 8.20. The second kappa shape index (κ2) is 4.99. The molecule has 0 aliphatic rings. The van der Waals surface area contributed by atoms with Gasteiger partial charge in [-0.2, -0.15) is 0 Å². The van der Waals surface area contributed by atoms with Crippen LogP contribution in [0.1, 0.15) is 12.6 Å². The molecule has 2 N–H and O–H groups in total. The number of hydrogen-bond acceptors (Lipinski definition) is 3. The molecule has 13 heavy (non-hydrogen) atoms. The van der Waals surface area contributed by atoms with E-state index in [1.807, 2.05) is 24.7 Å². The van der Waals surface area contributed by atoms with Gasteiger partial charge in [0.15, 0.2) is 0 Å². The fourth-order valence-corrected chi connectivity index (χ4v) is 1.20. The van der Waals surface area contributed by atoms with Gasteiger partial charge in [-0.25, -0.2) is 4.98 Å². The molecule has 4 heteroatoms. The van der Waals surface area contributed by atoms with Gasteiger partial charge in [-0.15, -0.1) is 0 Å². The van der Waals surface area contributed by atoms with Crippen LogP contribution in [0.4, 0.5) is 0 Å². The molecule has 1 atom stereocenters. The van der Waals surface area contributed by atoms with Crippen LogP contribution in [0.25, 0.3) is 0 Å². The number of aliphatic hydroxyl groups excluding tert-OH is 1. The van der Waals surface area contributed by atoms with Crippen molar-refractivity contribution in [2.45, 2.75) is 20.0 Å². The van der Waals surface area contributed by atoms with Crippen molar-refractivity contribution in [2.75, 3.05) is 13.7 Å². The highest BCUT2D eigenvalue weighted by molar-refractivity contribution is 4.95. The minimum Gasteiger partial charge on any atom is -0.396 e. The lowest BCUT2D eigenvalue weighted by atomic mass is 10.2. The molecule has 0 bridgehead atoms. The second-order valence-electron chi connectivity index (χ2n) is 3.38. The molecule has 1 rings (SSSR count). The Labute approximate surface area is 78.6 Å². The van der Waals surface area contributed by atoms with E-state index in [1.54, 1.807) is 6.33 Å². The first-order valence-corrected chi connectivity index (χ1v) is 4.52. The summed E-state index contributed by atoms with van der Waals surface area (Å²) in [5.74, 6) is 0.289. The van der Waals surface area contributed by atoms with E-state index in [0.717, 1.165) is 18.8 Å². The highest BCUT2D eigenvalue weighted by atomic mass is 16.3. The quantitative estimate of drug-likeness (QED) is 0.687. The molecule has 1 aromatic rings. The predicted octanol–water partition coefficient (Wildman–Crippen LogP) is 0.231. The Bertz CT molecular complexity index is 247. The van der Waals surface area contributed by atoms with Gasteiger partial charge in [0.25, 0.3) is 0 Å². The van der Waals surface area contributed by atoms with Crippen LogP contribution in [-0.2, 0) is 13.1 Å². The number of nitrogens with zero attached hydrogens (tertiary/aromatic N) is 2. The number of imidazole rings is 1. The van der Waals surface area contributed by atoms with Gasteiger partial charge in [-0.1, -0.05) is 6.92 Å². The second-order valence-corrected chi connectivity index (χ2v) is 3.38. The van der Waals surface area contributed by atoms with E-state index in [-0.39, 0.29) is 12.5 Å². The number of nitrogens with one attached hydrogen (secondary N) is 1. The standard InChI is InChI=1S/C9H17N3O/c1-8(6-13)4-12-5-9(3-10-2)11-7-12/h5,7-8,10,13H,3-4,6H2,1-2H3. The van der Waals surface area contributed by atoms with E-state index >= 15 is 0 Å². The molecule has 1 heterocycles. The molecule has 0 saturated heterocycles. The number of hydrogen-bond donors (Lipinski definition) is 2. The molecule has 1 unspecified atom stereocenters. The monoisotopic (exact) mass is 183 g/mol. The van der Waals surface area contributed by atoms with Gasteiger partial charge in [0.05, 0.1) is 12.0 Å². The zero-order valence-corrected chi connectivity index (χ0v) is 8.20. The van der Waals surface area contributed by atoms with Gasteiger partial charge in [-0.3, -0.25) is 0 Å². The largest absolute Gasteiger partial charge is 0.396 e. The van der Waals surface area contributed by atoms with Crippen molar-refractivity contribution in [1.29, 1.82) is 0 Å². The van der Waals surface area contributed by atoms with Crippen molar-refractivity contribution >= 4 is 0 Å². The van der Waals surface area contributed by atoms with Crippen molar-refractivity contribution < 1.29 is 5.11 Å². The number of rotatable bonds is 5. The average molecular weight is 183 g/mol. The Balaban J connectivity index is 2.48. The highest BCUT2D eigenvalue weighted by Crippen LogP contribution is 2.01.